The van der Waals surface area contributed by atoms with Crippen molar-refractivity contribution >= 4 is 11.7 Å². The maximum Gasteiger partial charge on any atom is 0.216 e. The number of hydrogen-bond acceptors (Lipinski definition) is 2. The fourth-order valence-corrected chi connectivity index (χ4v) is 7.80. The molecule has 0 aliphatic heterocycles. The molecular weight excluding hydrogens is 334 g/mol. The highest BCUT2D eigenvalue weighted by Crippen LogP contribution is 2.75. The molecule has 1 amide bonds. The smallest absolute Gasteiger partial charge is 0.216 e. The minimum absolute atomic E-state index is 0.0686. The number of unbranched alkanes of at least 4 members (excludes halogenated alkanes) is 5. The number of ketones is 1. The van der Waals surface area contributed by atoms with E-state index in [1.165, 1.54) is 64.2 Å². The zero-order valence-electron chi connectivity index (χ0n) is 17.3. The average Bonchev–Trinajstić information content (AvgIpc) is 3.08. The van der Waals surface area contributed by atoms with Gasteiger partial charge < -0.3 is 5.32 Å². The van der Waals surface area contributed by atoms with Crippen molar-refractivity contribution in [1.82, 2.24) is 5.32 Å². The largest absolute Gasteiger partial charge is 0.356 e. The molecule has 4 fully saturated rings. The summed E-state index contributed by atoms with van der Waals surface area (Å²) in [7, 11) is 0. The quantitative estimate of drug-likeness (QED) is 0.473. The molecule has 3 nitrogen and oxygen atoms in total. The van der Waals surface area contributed by atoms with Crippen LogP contribution in [-0.2, 0) is 9.59 Å². The van der Waals surface area contributed by atoms with Crippen molar-refractivity contribution in [2.45, 2.75) is 96.8 Å². The van der Waals surface area contributed by atoms with Crippen LogP contribution >= 0.6 is 0 Å². The molecule has 4 saturated carbocycles. The van der Waals surface area contributed by atoms with E-state index in [0.29, 0.717) is 11.2 Å². The van der Waals surface area contributed by atoms with E-state index in [1.807, 2.05) is 0 Å². The van der Waals surface area contributed by atoms with Crippen LogP contribution in [0, 0.1) is 35.0 Å². The lowest BCUT2D eigenvalue weighted by molar-refractivity contribution is -0.125. The van der Waals surface area contributed by atoms with Crippen molar-refractivity contribution in [2.24, 2.45) is 35.0 Å². The Morgan fingerprint density at radius 1 is 0.889 bits per heavy atom. The van der Waals surface area contributed by atoms with Crippen LogP contribution in [0.5, 0.6) is 0 Å². The highest BCUT2D eigenvalue weighted by molar-refractivity contribution is 5.78. The number of fused-ring (bicyclic) bond motifs is 1. The Hall–Kier alpha value is -0.860. The third kappa shape index (κ3) is 4.12. The lowest BCUT2D eigenvalue weighted by Crippen LogP contribution is -2.51. The van der Waals surface area contributed by atoms with Crippen LogP contribution in [0.3, 0.4) is 0 Å². The van der Waals surface area contributed by atoms with Crippen LogP contribution in [-0.4, -0.2) is 18.2 Å². The number of amides is 1. The standard InChI is InChI=1S/C24H39NO2/c1-17(26)25-11-7-5-3-2-4-6-8-21(27)9-10-24-15-18-12-19-14-20(16-24)23(24)22(19)13-18/h18-20,22-23H,2-16H2,1H3,(H,25,26). The van der Waals surface area contributed by atoms with Crippen molar-refractivity contribution in [1.29, 1.82) is 0 Å². The number of carbonyl (C=O) groups excluding carboxylic acids is 2. The van der Waals surface area contributed by atoms with Crippen LogP contribution in [0.15, 0.2) is 0 Å². The Kier molecular flexibility index (Phi) is 5.94. The molecule has 27 heavy (non-hydrogen) atoms. The number of Topliss-reactive ketones (excluding diaryl/α,β-unsaturated/α-hetero) is 1. The first kappa shape index (κ1) is 19.5. The lowest BCUT2D eigenvalue weighted by atomic mass is 9.46. The Bertz CT molecular complexity index is 553. The van der Waals surface area contributed by atoms with Gasteiger partial charge in [-0.15, -0.1) is 0 Å². The second-order valence-corrected chi connectivity index (χ2v) is 10.4. The highest BCUT2D eigenvalue weighted by atomic mass is 16.1. The van der Waals surface area contributed by atoms with Crippen LogP contribution in [0.2, 0.25) is 0 Å². The highest BCUT2D eigenvalue weighted by Gasteiger charge is 2.67. The summed E-state index contributed by atoms with van der Waals surface area (Å²) in [5.74, 6) is 5.81. The van der Waals surface area contributed by atoms with Gasteiger partial charge in [0.05, 0.1) is 0 Å². The molecule has 1 N–H and O–H groups in total. The second-order valence-electron chi connectivity index (χ2n) is 10.4. The summed E-state index contributed by atoms with van der Waals surface area (Å²) in [5.41, 5.74) is 0.604. The summed E-state index contributed by atoms with van der Waals surface area (Å²) >= 11 is 0. The average molecular weight is 374 g/mol. The van der Waals surface area contributed by atoms with Gasteiger partial charge in [0.1, 0.15) is 5.78 Å². The molecule has 3 heteroatoms. The predicted octanol–water partition coefficient (Wildman–Crippen LogP) is 5.27. The van der Waals surface area contributed by atoms with Gasteiger partial charge in [-0.2, -0.15) is 0 Å². The zero-order valence-corrected chi connectivity index (χ0v) is 17.3. The molecule has 2 bridgehead atoms. The van der Waals surface area contributed by atoms with Gasteiger partial charge in [0.2, 0.25) is 5.91 Å². The molecule has 152 valence electrons. The van der Waals surface area contributed by atoms with Crippen LogP contribution in [0.4, 0.5) is 0 Å². The fourth-order valence-electron chi connectivity index (χ4n) is 7.80. The Morgan fingerprint density at radius 2 is 1.67 bits per heavy atom. The van der Waals surface area contributed by atoms with Gasteiger partial charge in [0.15, 0.2) is 0 Å². The van der Waals surface area contributed by atoms with Crippen molar-refractivity contribution in [2.75, 3.05) is 6.54 Å². The van der Waals surface area contributed by atoms with E-state index in [0.717, 1.165) is 61.8 Å². The summed E-state index contributed by atoms with van der Waals surface area (Å²) in [6, 6.07) is 0. The van der Waals surface area contributed by atoms with Crippen molar-refractivity contribution in [3.05, 3.63) is 0 Å². The third-order valence-corrected chi connectivity index (χ3v) is 8.65. The van der Waals surface area contributed by atoms with E-state index in [1.54, 1.807) is 6.92 Å². The molecule has 4 aliphatic rings. The van der Waals surface area contributed by atoms with E-state index in [-0.39, 0.29) is 5.91 Å². The summed E-state index contributed by atoms with van der Waals surface area (Å²) in [5, 5.41) is 2.85. The number of rotatable bonds is 12. The summed E-state index contributed by atoms with van der Waals surface area (Å²) < 4.78 is 0. The molecule has 0 aromatic carbocycles. The van der Waals surface area contributed by atoms with E-state index < -0.39 is 0 Å². The van der Waals surface area contributed by atoms with E-state index in [4.69, 9.17) is 0 Å². The van der Waals surface area contributed by atoms with Gasteiger partial charge in [0.25, 0.3) is 0 Å². The van der Waals surface area contributed by atoms with Crippen molar-refractivity contribution in [3.8, 4) is 0 Å². The SMILES string of the molecule is CC(=O)NCCCCCCCCC(=O)CCC12CC3CC4CC(C1)C2C4C3. The van der Waals surface area contributed by atoms with Crippen molar-refractivity contribution in [3.63, 3.8) is 0 Å². The molecule has 0 spiro atoms. The molecular formula is C24H39NO2. The number of nitrogens with one attached hydrogen (secondary N) is 1. The van der Waals surface area contributed by atoms with Gasteiger partial charge in [-0.3, -0.25) is 9.59 Å². The minimum Gasteiger partial charge on any atom is -0.356 e. The van der Waals surface area contributed by atoms with Gasteiger partial charge in [-0.05, 0) is 86.4 Å². The minimum atomic E-state index is 0.0686. The van der Waals surface area contributed by atoms with E-state index in [9.17, 15) is 9.59 Å². The monoisotopic (exact) mass is 373 g/mol. The Morgan fingerprint density at radius 3 is 2.48 bits per heavy atom. The molecule has 0 saturated heterocycles. The number of hydrogen-bond donors (Lipinski definition) is 1. The molecule has 0 heterocycles. The van der Waals surface area contributed by atoms with E-state index in [2.05, 4.69) is 5.32 Å². The molecule has 0 aromatic heterocycles. The molecule has 4 aliphatic carbocycles. The summed E-state index contributed by atoms with van der Waals surface area (Å²) in [6.45, 7) is 2.38. The maximum absolute atomic E-state index is 12.4. The van der Waals surface area contributed by atoms with Gasteiger partial charge in [-0.1, -0.05) is 25.7 Å². The Labute approximate surface area is 165 Å². The molecule has 6 unspecified atom stereocenters. The third-order valence-electron chi connectivity index (χ3n) is 8.65. The number of carbonyl (C=O) groups is 2. The molecule has 6 atom stereocenters. The first-order chi connectivity index (χ1) is 13.1. The Balaban J connectivity index is 1.06. The van der Waals surface area contributed by atoms with Crippen molar-refractivity contribution < 1.29 is 9.59 Å². The predicted molar refractivity (Wildman–Crippen MR) is 108 cm³/mol. The molecule has 4 rings (SSSR count). The first-order valence-electron chi connectivity index (χ1n) is 11.8. The molecule has 0 radical (unpaired) electrons. The van der Waals surface area contributed by atoms with Gasteiger partial charge in [0, 0.05) is 26.3 Å². The maximum atomic E-state index is 12.4. The van der Waals surface area contributed by atoms with Crippen LogP contribution in [0.25, 0.3) is 0 Å². The fraction of sp³-hybridized carbons (Fsp3) is 0.917. The lowest BCUT2D eigenvalue weighted by Gasteiger charge is -2.59. The molecule has 0 aromatic rings. The summed E-state index contributed by atoms with van der Waals surface area (Å²) in [6.07, 6.45) is 17.4. The second kappa shape index (κ2) is 8.25. The summed E-state index contributed by atoms with van der Waals surface area (Å²) in [4.78, 5) is 23.2. The normalized spacial score (nSPS) is 37.9. The topological polar surface area (TPSA) is 46.2 Å². The van der Waals surface area contributed by atoms with Gasteiger partial charge >= 0.3 is 0 Å². The van der Waals surface area contributed by atoms with Crippen LogP contribution < -0.4 is 5.32 Å². The van der Waals surface area contributed by atoms with Crippen LogP contribution in [0.1, 0.15) is 96.8 Å². The zero-order chi connectivity index (χ0) is 18.9. The van der Waals surface area contributed by atoms with Gasteiger partial charge in [-0.25, -0.2) is 0 Å². The van der Waals surface area contributed by atoms with E-state index >= 15 is 0 Å². The first-order valence-corrected chi connectivity index (χ1v) is 11.8.